The van der Waals surface area contributed by atoms with Crippen LogP contribution in [0.5, 0.6) is 5.75 Å². The first-order chi connectivity index (χ1) is 9.11. The average molecular weight is 267 g/mol. The Morgan fingerprint density at radius 2 is 2.11 bits per heavy atom. The minimum atomic E-state index is -2.86. The molecule has 1 aliphatic heterocycles. The Kier molecular flexibility index (Phi) is 4.09. The molecule has 102 valence electrons. The Morgan fingerprint density at radius 3 is 2.79 bits per heavy atom. The smallest absolute Gasteiger partial charge is 0.387 e. The van der Waals surface area contributed by atoms with Gasteiger partial charge in [-0.2, -0.15) is 13.9 Å². The van der Waals surface area contributed by atoms with Crippen LogP contribution in [0, 0.1) is 5.92 Å². The van der Waals surface area contributed by atoms with Crippen molar-refractivity contribution < 1.29 is 13.5 Å². The highest BCUT2D eigenvalue weighted by atomic mass is 19.3. The SMILES string of the molecule is CCC1CC(N)=NN=C1c1ccccc1OC(F)F. The van der Waals surface area contributed by atoms with Crippen LogP contribution in [0.1, 0.15) is 25.3 Å². The summed E-state index contributed by atoms with van der Waals surface area (Å²) in [5.74, 6) is 0.646. The second-order valence-corrected chi connectivity index (χ2v) is 4.26. The molecule has 1 aliphatic rings. The van der Waals surface area contributed by atoms with E-state index in [1.165, 1.54) is 6.07 Å². The van der Waals surface area contributed by atoms with Crippen LogP contribution in [-0.2, 0) is 0 Å². The second-order valence-electron chi connectivity index (χ2n) is 4.26. The van der Waals surface area contributed by atoms with E-state index in [9.17, 15) is 8.78 Å². The van der Waals surface area contributed by atoms with Gasteiger partial charge in [0.1, 0.15) is 11.6 Å². The average Bonchev–Trinajstić information content (AvgIpc) is 2.39. The van der Waals surface area contributed by atoms with Gasteiger partial charge in [0.05, 0.1) is 5.71 Å². The molecule has 1 aromatic carbocycles. The van der Waals surface area contributed by atoms with Crippen molar-refractivity contribution in [2.45, 2.75) is 26.4 Å². The zero-order valence-electron chi connectivity index (χ0n) is 10.5. The van der Waals surface area contributed by atoms with Crippen molar-refractivity contribution in [1.82, 2.24) is 0 Å². The van der Waals surface area contributed by atoms with Gasteiger partial charge < -0.3 is 10.5 Å². The van der Waals surface area contributed by atoms with Crippen molar-refractivity contribution in [1.29, 1.82) is 0 Å². The van der Waals surface area contributed by atoms with Gasteiger partial charge in [0.25, 0.3) is 0 Å². The predicted octanol–water partition coefficient (Wildman–Crippen LogP) is 2.78. The van der Waals surface area contributed by atoms with Crippen molar-refractivity contribution >= 4 is 11.5 Å². The van der Waals surface area contributed by atoms with Crippen molar-refractivity contribution in [2.75, 3.05) is 0 Å². The maximum atomic E-state index is 12.4. The van der Waals surface area contributed by atoms with Crippen LogP contribution < -0.4 is 10.5 Å². The van der Waals surface area contributed by atoms with Gasteiger partial charge in [-0.1, -0.05) is 19.1 Å². The van der Waals surface area contributed by atoms with Gasteiger partial charge in [-0.3, -0.25) is 0 Å². The maximum absolute atomic E-state index is 12.4. The first-order valence-electron chi connectivity index (χ1n) is 6.06. The summed E-state index contributed by atoms with van der Waals surface area (Å²) in [5, 5.41) is 7.90. The molecule has 1 unspecified atom stereocenters. The summed E-state index contributed by atoms with van der Waals surface area (Å²) in [6.45, 7) is -0.867. The largest absolute Gasteiger partial charge is 0.434 e. The third-order valence-electron chi connectivity index (χ3n) is 3.00. The molecule has 0 aromatic heterocycles. The highest BCUT2D eigenvalue weighted by Crippen LogP contribution is 2.28. The molecule has 0 saturated heterocycles. The van der Waals surface area contributed by atoms with E-state index in [1.54, 1.807) is 18.2 Å². The number of hydrogen-bond donors (Lipinski definition) is 1. The molecule has 0 amide bonds. The van der Waals surface area contributed by atoms with Crippen molar-refractivity contribution in [3.8, 4) is 5.75 Å². The molecule has 0 aliphatic carbocycles. The normalized spacial score (nSPS) is 19.1. The molecule has 4 nitrogen and oxygen atoms in total. The predicted molar refractivity (Wildman–Crippen MR) is 69.6 cm³/mol. The summed E-state index contributed by atoms with van der Waals surface area (Å²) in [6.07, 6.45) is 1.39. The summed E-state index contributed by atoms with van der Waals surface area (Å²) in [4.78, 5) is 0. The molecular formula is C13H15F2N3O. The Bertz CT molecular complexity index is 514. The summed E-state index contributed by atoms with van der Waals surface area (Å²) in [6, 6.07) is 6.60. The number of amidine groups is 1. The van der Waals surface area contributed by atoms with Gasteiger partial charge in [0.15, 0.2) is 0 Å². The van der Waals surface area contributed by atoms with E-state index in [0.717, 1.165) is 6.42 Å². The summed E-state index contributed by atoms with van der Waals surface area (Å²) >= 11 is 0. The summed E-state index contributed by atoms with van der Waals surface area (Å²) in [7, 11) is 0. The van der Waals surface area contributed by atoms with Gasteiger partial charge in [-0.05, 0) is 18.6 Å². The number of rotatable bonds is 4. The quantitative estimate of drug-likeness (QED) is 0.911. The fourth-order valence-electron chi connectivity index (χ4n) is 2.08. The minimum Gasteiger partial charge on any atom is -0.434 e. The lowest BCUT2D eigenvalue weighted by Crippen LogP contribution is -2.27. The Balaban J connectivity index is 2.40. The molecule has 6 heteroatoms. The van der Waals surface area contributed by atoms with Crippen LogP contribution in [0.25, 0.3) is 0 Å². The molecule has 0 bridgehead atoms. The van der Waals surface area contributed by atoms with E-state index < -0.39 is 6.61 Å². The highest BCUT2D eigenvalue weighted by molar-refractivity contribution is 6.07. The number of nitrogens with zero attached hydrogens (tertiary/aromatic N) is 2. The second kappa shape index (κ2) is 5.77. The van der Waals surface area contributed by atoms with E-state index >= 15 is 0 Å². The third kappa shape index (κ3) is 3.07. The molecule has 19 heavy (non-hydrogen) atoms. The van der Waals surface area contributed by atoms with Gasteiger partial charge in [0.2, 0.25) is 0 Å². The minimum absolute atomic E-state index is 0.0694. The molecule has 2 N–H and O–H groups in total. The fourth-order valence-corrected chi connectivity index (χ4v) is 2.08. The van der Waals surface area contributed by atoms with E-state index in [0.29, 0.717) is 23.5 Å². The van der Waals surface area contributed by atoms with Crippen LogP contribution in [0.2, 0.25) is 0 Å². The number of alkyl halides is 2. The highest BCUT2D eigenvalue weighted by Gasteiger charge is 2.24. The third-order valence-corrected chi connectivity index (χ3v) is 3.00. The van der Waals surface area contributed by atoms with E-state index in [4.69, 9.17) is 5.73 Å². The van der Waals surface area contributed by atoms with Crippen molar-refractivity contribution in [2.24, 2.45) is 21.9 Å². The molecule has 1 heterocycles. The van der Waals surface area contributed by atoms with Gasteiger partial charge >= 0.3 is 6.61 Å². The standard InChI is InChI=1S/C13H15F2N3O/c1-2-8-7-11(16)17-18-12(8)9-5-3-4-6-10(9)19-13(14)15/h3-6,8,13H,2,7H2,1H3,(H2,16,17). The maximum Gasteiger partial charge on any atom is 0.387 e. The number of ether oxygens (including phenoxy) is 1. The molecule has 1 aromatic rings. The molecule has 1 atom stereocenters. The Morgan fingerprint density at radius 1 is 1.37 bits per heavy atom. The first-order valence-corrected chi connectivity index (χ1v) is 6.06. The lowest BCUT2D eigenvalue weighted by molar-refractivity contribution is -0.0499. The fraction of sp³-hybridized carbons (Fsp3) is 0.385. The van der Waals surface area contributed by atoms with Gasteiger partial charge in [-0.15, -0.1) is 5.10 Å². The van der Waals surface area contributed by atoms with Crippen LogP contribution in [0.15, 0.2) is 34.5 Å². The number of para-hydroxylation sites is 1. The van der Waals surface area contributed by atoms with Gasteiger partial charge in [-0.25, -0.2) is 0 Å². The zero-order chi connectivity index (χ0) is 13.8. The summed E-state index contributed by atoms with van der Waals surface area (Å²) in [5.41, 5.74) is 6.84. The molecular weight excluding hydrogens is 252 g/mol. The number of halogens is 2. The summed E-state index contributed by atoms with van der Waals surface area (Å²) < 4.78 is 29.3. The van der Waals surface area contributed by atoms with E-state index in [-0.39, 0.29) is 11.7 Å². The topological polar surface area (TPSA) is 60.0 Å². The van der Waals surface area contributed by atoms with Gasteiger partial charge in [0, 0.05) is 17.9 Å². The van der Waals surface area contributed by atoms with E-state index in [2.05, 4.69) is 14.9 Å². The number of hydrogen-bond acceptors (Lipinski definition) is 4. The monoisotopic (exact) mass is 267 g/mol. The lowest BCUT2D eigenvalue weighted by atomic mass is 9.90. The van der Waals surface area contributed by atoms with Crippen LogP contribution in [-0.4, -0.2) is 18.2 Å². The van der Waals surface area contributed by atoms with Crippen LogP contribution in [0.4, 0.5) is 8.78 Å². The van der Waals surface area contributed by atoms with Crippen LogP contribution >= 0.6 is 0 Å². The van der Waals surface area contributed by atoms with E-state index in [1.807, 2.05) is 6.92 Å². The van der Waals surface area contributed by atoms with Crippen LogP contribution in [0.3, 0.4) is 0 Å². The van der Waals surface area contributed by atoms with Crippen molar-refractivity contribution in [3.63, 3.8) is 0 Å². The molecule has 0 saturated carbocycles. The zero-order valence-corrected chi connectivity index (χ0v) is 10.5. The molecule has 0 fully saturated rings. The molecule has 0 spiro atoms. The number of benzene rings is 1. The molecule has 2 rings (SSSR count). The molecule has 0 radical (unpaired) electrons. The van der Waals surface area contributed by atoms with Crippen molar-refractivity contribution in [3.05, 3.63) is 29.8 Å². The Hall–Kier alpha value is -1.98. The lowest BCUT2D eigenvalue weighted by Gasteiger charge is -2.21. The number of nitrogens with two attached hydrogens (primary N) is 1. The first kappa shape index (κ1) is 13.5. The Labute approximate surface area is 110 Å².